The van der Waals surface area contributed by atoms with Gasteiger partial charge in [-0.1, -0.05) is 11.6 Å². The second-order valence-electron chi connectivity index (χ2n) is 2.82. The molecule has 0 atom stereocenters. The molecule has 0 spiro atoms. The van der Waals surface area contributed by atoms with E-state index in [-0.39, 0.29) is 5.56 Å². The largest absolute Gasteiger partial charge is 0.438 e. The number of nitrogens with zero attached hydrogens (tertiary/aromatic N) is 1. The highest BCUT2D eigenvalue weighted by Crippen LogP contribution is 2.20. The van der Waals surface area contributed by atoms with E-state index >= 15 is 0 Å². The molecule has 0 radical (unpaired) electrons. The molecule has 5 heteroatoms. The van der Waals surface area contributed by atoms with Crippen molar-refractivity contribution >= 4 is 11.6 Å². The SMILES string of the molecule is O=c1ccc(Oc2ccc(Cl)cc2)n[nH]1. The molecule has 1 aromatic heterocycles. The van der Waals surface area contributed by atoms with Crippen molar-refractivity contribution in [3.63, 3.8) is 0 Å². The number of aromatic amines is 1. The molecule has 0 aliphatic heterocycles. The number of ether oxygens (including phenoxy) is 1. The maximum absolute atomic E-state index is 10.7. The van der Waals surface area contributed by atoms with Crippen LogP contribution in [-0.4, -0.2) is 10.2 Å². The molecule has 0 aliphatic rings. The third-order valence-corrected chi connectivity index (χ3v) is 1.94. The Kier molecular flexibility index (Phi) is 2.69. The zero-order valence-electron chi connectivity index (χ0n) is 7.61. The molecule has 1 heterocycles. The molecule has 1 aromatic carbocycles. The maximum atomic E-state index is 10.7. The van der Waals surface area contributed by atoms with Crippen LogP contribution in [0.5, 0.6) is 11.6 Å². The molecule has 0 fully saturated rings. The number of hydrogen-bond donors (Lipinski definition) is 1. The van der Waals surface area contributed by atoms with Crippen molar-refractivity contribution in [3.8, 4) is 11.6 Å². The second kappa shape index (κ2) is 4.14. The Hall–Kier alpha value is -1.81. The fraction of sp³-hybridized carbons (Fsp3) is 0. The Labute approximate surface area is 90.5 Å². The Morgan fingerprint density at radius 2 is 1.87 bits per heavy atom. The quantitative estimate of drug-likeness (QED) is 0.848. The van der Waals surface area contributed by atoms with Gasteiger partial charge < -0.3 is 4.74 Å². The highest BCUT2D eigenvalue weighted by atomic mass is 35.5. The van der Waals surface area contributed by atoms with Gasteiger partial charge in [0.25, 0.3) is 5.56 Å². The van der Waals surface area contributed by atoms with Gasteiger partial charge >= 0.3 is 0 Å². The van der Waals surface area contributed by atoms with Gasteiger partial charge in [0, 0.05) is 17.2 Å². The van der Waals surface area contributed by atoms with E-state index in [1.165, 1.54) is 12.1 Å². The van der Waals surface area contributed by atoms with Crippen LogP contribution < -0.4 is 10.3 Å². The Morgan fingerprint density at radius 3 is 2.47 bits per heavy atom. The van der Waals surface area contributed by atoms with Gasteiger partial charge in [0.2, 0.25) is 5.88 Å². The van der Waals surface area contributed by atoms with Crippen LogP contribution >= 0.6 is 11.6 Å². The highest BCUT2D eigenvalue weighted by molar-refractivity contribution is 6.30. The summed E-state index contributed by atoms with van der Waals surface area (Å²) in [5.74, 6) is 0.941. The smallest absolute Gasteiger partial charge is 0.264 e. The zero-order valence-corrected chi connectivity index (χ0v) is 8.36. The molecule has 1 N–H and O–H groups in total. The van der Waals surface area contributed by atoms with Gasteiger partial charge in [-0.05, 0) is 24.3 Å². The minimum atomic E-state index is -0.265. The summed E-state index contributed by atoms with van der Waals surface area (Å²) < 4.78 is 5.35. The van der Waals surface area contributed by atoms with Gasteiger partial charge in [0.15, 0.2) is 0 Å². The molecular weight excluding hydrogens is 216 g/mol. The van der Waals surface area contributed by atoms with Crippen LogP contribution in [0.3, 0.4) is 0 Å². The maximum Gasteiger partial charge on any atom is 0.264 e. The van der Waals surface area contributed by atoms with Crippen molar-refractivity contribution in [3.05, 3.63) is 51.8 Å². The lowest BCUT2D eigenvalue weighted by molar-refractivity contribution is 0.454. The van der Waals surface area contributed by atoms with E-state index in [1.807, 2.05) is 0 Å². The predicted octanol–water partition coefficient (Wildman–Crippen LogP) is 2.22. The van der Waals surface area contributed by atoms with Gasteiger partial charge in [0.05, 0.1) is 0 Å². The van der Waals surface area contributed by atoms with Gasteiger partial charge in [-0.3, -0.25) is 4.79 Å². The van der Waals surface area contributed by atoms with Crippen LogP contribution in [0.2, 0.25) is 5.02 Å². The van der Waals surface area contributed by atoms with Crippen LogP contribution in [0, 0.1) is 0 Å². The van der Waals surface area contributed by atoms with Crippen molar-refractivity contribution in [2.45, 2.75) is 0 Å². The Balaban J connectivity index is 2.18. The molecule has 0 amide bonds. The third kappa shape index (κ3) is 2.57. The van der Waals surface area contributed by atoms with Crippen LogP contribution in [0.4, 0.5) is 0 Å². The predicted molar refractivity (Wildman–Crippen MR) is 56.4 cm³/mol. The lowest BCUT2D eigenvalue weighted by atomic mass is 10.3. The molecular formula is C10H7ClN2O2. The van der Waals surface area contributed by atoms with Crippen molar-refractivity contribution in [2.24, 2.45) is 0 Å². The standard InChI is InChI=1S/C10H7ClN2O2/c11-7-1-3-8(4-2-7)15-10-6-5-9(14)12-13-10/h1-6H,(H,12,14). The summed E-state index contributed by atoms with van der Waals surface area (Å²) >= 11 is 5.72. The summed E-state index contributed by atoms with van der Waals surface area (Å²) in [6.45, 7) is 0. The monoisotopic (exact) mass is 222 g/mol. The lowest BCUT2D eigenvalue weighted by Crippen LogP contribution is -2.05. The van der Waals surface area contributed by atoms with Gasteiger partial charge in [0.1, 0.15) is 5.75 Å². The molecule has 15 heavy (non-hydrogen) atoms. The topological polar surface area (TPSA) is 55.0 Å². The average Bonchev–Trinajstić information content (AvgIpc) is 2.25. The molecule has 2 rings (SSSR count). The lowest BCUT2D eigenvalue weighted by Gasteiger charge is -2.02. The van der Waals surface area contributed by atoms with Crippen molar-refractivity contribution in [2.75, 3.05) is 0 Å². The first-order valence-corrected chi connectivity index (χ1v) is 4.61. The average molecular weight is 223 g/mol. The van der Waals surface area contributed by atoms with Crippen molar-refractivity contribution < 1.29 is 4.74 Å². The van der Waals surface area contributed by atoms with E-state index < -0.39 is 0 Å². The van der Waals surface area contributed by atoms with E-state index in [9.17, 15) is 4.79 Å². The van der Waals surface area contributed by atoms with E-state index in [4.69, 9.17) is 16.3 Å². The van der Waals surface area contributed by atoms with Crippen molar-refractivity contribution in [1.29, 1.82) is 0 Å². The molecule has 0 saturated carbocycles. The Bertz CT molecular complexity index is 487. The number of nitrogens with one attached hydrogen (secondary N) is 1. The van der Waals surface area contributed by atoms with Crippen LogP contribution in [0.15, 0.2) is 41.2 Å². The van der Waals surface area contributed by atoms with Gasteiger partial charge in [-0.15, -0.1) is 5.10 Å². The summed E-state index contributed by atoms with van der Waals surface area (Å²) in [6.07, 6.45) is 0. The summed E-state index contributed by atoms with van der Waals surface area (Å²) in [4.78, 5) is 10.7. The summed E-state index contributed by atoms with van der Waals surface area (Å²) in [5, 5.41) is 6.61. The first kappa shape index (κ1) is 9.73. The second-order valence-corrected chi connectivity index (χ2v) is 3.25. The number of halogens is 1. The summed E-state index contributed by atoms with van der Waals surface area (Å²) in [7, 11) is 0. The molecule has 0 aliphatic carbocycles. The van der Waals surface area contributed by atoms with Crippen molar-refractivity contribution in [1.82, 2.24) is 10.2 Å². The number of aromatic nitrogens is 2. The Morgan fingerprint density at radius 1 is 1.13 bits per heavy atom. The molecule has 2 aromatic rings. The summed E-state index contributed by atoms with van der Waals surface area (Å²) in [6, 6.07) is 9.70. The fourth-order valence-corrected chi connectivity index (χ4v) is 1.14. The molecule has 0 saturated heterocycles. The zero-order chi connectivity index (χ0) is 10.7. The normalized spacial score (nSPS) is 9.93. The van der Waals surface area contributed by atoms with E-state index in [0.717, 1.165) is 0 Å². The fourth-order valence-electron chi connectivity index (χ4n) is 1.01. The molecule has 0 bridgehead atoms. The number of benzene rings is 1. The number of H-pyrrole nitrogens is 1. The molecule has 76 valence electrons. The molecule has 4 nitrogen and oxygen atoms in total. The minimum absolute atomic E-state index is 0.265. The van der Waals surface area contributed by atoms with Gasteiger partial charge in [-0.2, -0.15) is 0 Å². The number of rotatable bonds is 2. The van der Waals surface area contributed by atoms with Crippen LogP contribution in [-0.2, 0) is 0 Å². The van der Waals surface area contributed by atoms with E-state index in [2.05, 4.69) is 10.2 Å². The van der Waals surface area contributed by atoms with Gasteiger partial charge in [-0.25, -0.2) is 5.10 Å². The minimum Gasteiger partial charge on any atom is -0.438 e. The number of hydrogen-bond acceptors (Lipinski definition) is 3. The summed E-state index contributed by atoms with van der Waals surface area (Å²) in [5.41, 5.74) is -0.265. The first-order valence-electron chi connectivity index (χ1n) is 4.23. The van der Waals surface area contributed by atoms with E-state index in [0.29, 0.717) is 16.7 Å². The first-order chi connectivity index (χ1) is 7.24. The highest BCUT2D eigenvalue weighted by Gasteiger charge is 1.97. The van der Waals surface area contributed by atoms with Crippen LogP contribution in [0.1, 0.15) is 0 Å². The third-order valence-electron chi connectivity index (χ3n) is 1.69. The van der Waals surface area contributed by atoms with Crippen LogP contribution in [0.25, 0.3) is 0 Å². The van der Waals surface area contributed by atoms with E-state index in [1.54, 1.807) is 24.3 Å². The molecule has 0 unspecified atom stereocenters.